The van der Waals surface area contributed by atoms with Gasteiger partial charge in [0.05, 0.1) is 11.4 Å². The molecule has 2 rings (SSSR count). The first-order valence-electron chi connectivity index (χ1n) is 8.76. The Balaban J connectivity index is 2.15. The number of benzene rings is 1. The highest BCUT2D eigenvalue weighted by Crippen LogP contribution is 2.23. The minimum absolute atomic E-state index is 0.0546. The number of sulfonamides is 1. The van der Waals surface area contributed by atoms with Crippen molar-refractivity contribution in [2.45, 2.75) is 45.7 Å². The molecule has 0 aliphatic rings. The molecule has 0 atom stereocenters. The fourth-order valence-electron chi connectivity index (χ4n) is 2.94. The Morgan fingerprint density at radius 1 is 1.26 bits per heavy atom. The molecular weight excluding hydrogens is 388 g/mol. The van der Waals surface area contributed by atoms with E-state index < -0.39 is 10.0 Å². The molecule has 1 amide bonds. The summed E-state index contributed by atoms with van der Waals surface area (Å²) in [5.41, 5.74) is 1.73. The van der Waals surface area contributed by atoms with Crippen LogP contribution in [0.5, 0.6) is 0 Å². The molecule has 1 N–H and O–H groups in total. The zero-order chi connectivity index (χ0) is 20.2. The van der Waals surface area contributed by atoms with Gasteiger partial charge in [0, 0.05) is 24.7 Å². The maximum atomic E-state index is 12.8. The third-order valence-corrected chi connectivity index (χ3v) is 6.83. The van der Waals surface area contributed by atoms with Crippen molar-refractivity contribution in [2.75, 3.05) is 13.1 Å². The molecular formula is C18H25ClN4O3S. The molecule has 0 saturated carbocycles. The molecule has 27 heavy (non-hydrogen) atoms. The van der Waals surface area contributed by atoms with Gasteiger partial charge in [-0.2, -0.15) is 9.40 Å². The molecule has 0 unspecified atom stereocenters. The zero-order valence-electron chi connectivity index (χ0n) is 16.0. The van der Waals surface area contributed by atoms with Gasteiger partial charge in [-0.25, -0.2) is 8.42 Å². The molecule has 1 aromatic heterocycles. The summed E-state index contributed by atoms with van der Waals surface area (Å²) in [5.74, 6) is -0.257. The van der Waals surface area contributed by atoms with Crippen molar-refractivity contribution in [2.24, 2.45) is 0 Å². The van der Waals surface area contributed by atoms with Crippen LogP contribution in [0.3, 0.4) is 0 Å². The van der Waals surface area contributed by atoms with Crippen molar-refractivity contribution in [3.63, 3.8) is 0 Å². The normalized spacial score (nSPS) is 11.8. The van der Waals surface area contributed by atoms with E-state index in [0.717, 1.165) is 5.56 Å². The second-order valence-electron chi connectivity index (χ2n) is 6.15. The smallest absolute Gasteiger partial charge is 0.246 e. The average Bonchev–Trinajstić information content (AvgIpc) is 2.88. The molecule has 0 aliphatic carbocycles. The monoisotopic (exact) mass is 412 g/mol. The van der Waals surface area contributed by atoms with Crippen molar-refractivity contribution in [1.29, 1.82) is 0 Å². The highest BCUT2D eigenvalue weighted by molar-refractivity contribution is 7.89. The number of hydrogen-bond acceptors (Lipinski definition) is 4. The fourth-order valence-corrected chi connectivity index (χ4v) is 4.98. The molecule has 0 saturated heterocycles. The Hall–Kier alpha value is -1.90. The SMILES string of the molecule is CCN(CC)S(=O)(=O)c1c(C)nn(CC(=O)NCc2cccc(Cl)c2)c1C. The van der Waals surface area contributed by atoms with Crippen LogP contribution in [-0.4, -0.2) is 41.5 Å². The van der Waals surface area contributed by atoms with Crippen molar-refractivity contribution in [1.82, 2.24) is 19.4 Å². The van der Waals surface area contributed by atoms with Gasteiger partial charge in [0.15, 0.2) is 0 Å². The number of aromatic nitrogens is 2. The highest BCUT2D eigenvalue weighted by Gasteiger charge is 2.29. The zero-order valence-corrected chi connectivity index (χ0v) is 17.6. The van der Waals surface area contributed by atoms with Crippen LogP contribution in [0.15, 0.2) is 29.2 Å². The first kappa shape index (κ1) is 21.4. The summed E-state index contributed by atoms with van der Waals surface area (Å²) in [6, 6.07) is 7.22. The van der Waals surface area contributed by atoms with Crippen LogP contribution in [0.25, 0.3) is 0 Å². The van der Waals surface area contributed by atoms with Gasteiger partial charge in [0.1, 0.15) is 11.4 Å². The van der Waals surface area contributed by atoms with Crippen LogP contribution < -0.4 is 5.32 Å². The Bertz CT molecular complexity index is 921. The quantitative estimate of drug-likeness (QED) is 0.721. The van der Waals surface area contributed by atoms with Crippen LogP contribution in [0.4, 0.5) is 0 Å². The third-order valence-electron chi connectivity index (χ3n) is 4.29. The van der Waals surface area contributed by atoms with E-state index in [-0.39, 0.29) is 17.3 Å². The van der Waals surface area contributed by atoms with E-state index in [1.54, 1.807) is 39.8 Å². The molecule has 0 fully saturated rings. The second-order valence-corrected chi connectivity index (χ2v) is 8.46. The van der Waals surface area contributed by atoms with Gasteiger partial charge in [0.25, 0.3) is 0 Å². The molecule has 0 aliphatic heterocycles. The van der Waals surface area contributed by atoms with Gasteiger partial charge in [0.2, 0.25) is 15.9 Å². The minimum Gasteiger partial charge on any atom is -0.350 e. The molecule has 0 bridgehead atoms. The second kappa shape index (κ2) is 8.86. The van der Waals surface area contributed by atoms with Crippen molar-refractivity contribution < 1.29 is 13.2 Å². The van der Waals surface area contributed by atoms with Crippen molar-refractivity contribution >= 4 is 27.5 Å². The maximum absolute atomic E-state index is 12.8. The van der Waals surface area contributed by atoms with E-state index in [9.17, 15) is 13.2 Å². The summed E-state index contributed by atoms with van der Waals surface area (Å²) in [6.07, 6.45) is 0. The first-order chi connectivity index (χ1) is 12.7. The summed E-state index contributed by atoms with van der Waals surface area (Å²) in [6.45, 7) is 7.93. The van der Waals surface area contributed by atoms with E-state index in [4.69, 9.17) is 11.6 Å². The number of amides is 1. The van der Waals surface area contributed by atoms with E-state index >= 15 is 0 Å². The highest BCUT2D eigenvalue weighted by atomic mass is 35.5. The first-order valence-corrected chi connectivity index (χ1v) is 10.6. The lowest BCUT2D eigenvalue weighted by atomic mass is 10.2. The van der Waals surface area contributed by atoms with Crippen LogP contribution in [0.2, 0.25) is 5.02 Å². The van der Waals surface area contributed by atoms with E-state index in [1.165, 1.54) is 8.99 Å². The number of carbonyl (C=O) groups is 1. The molecule has 9 heteroatoms. The molecule has 7 nitrogen and oxygen atoms in total. The van der Waals surface area contributed by atoms with Gasteiger partial charge < -0.3 is 5.32 Å². The predicted octanol–water partition coefficient (Wildman–Crippen LogP) is 2.50. The number of aryl methyl sites for hydroxylation is 1. The summed E-state index contributed by atoms with van der Waals surface area (Å²) in [7, 11) is -3.63. The summed E-state index contributed by atoms with van der Waals surface area (Å²) >= 11 is 5.94. The van der Waals surface area contributed by atoms with E-state index in [0.29, 0.717) is 36.0 Å². The van der Waals surface area contributed by atoms with Gasteiger partial charge in [-0.15, -0.1) is 0 Å². The fraction of sp³-hybridized carbons (Fsp3) is 0.444. The predicted molar refractivity (Wildman–Crippen MR) is 105 cm³/mol. The van der Waals surface area contributed by atoms with E-state index in [2.05, 4.69) is 10.4 Å². The molecule has 0 radical (unpaired) electrons. The summed E-state index contributed by atoms with van der Waals surface area (Å²) in [5, 5.41) is 7.66. The van der Waals surface area contributed by atoms with Crippen LogP contribution in [-0.2, 0) is 27.9 Å². The summed E-state index contributed by atoms with van der Waals surface area (Å²) in [4.78, 5) is 12.4. The number of hydrogen-bond donors (Lipinski definition) is 1. The molecule has 2 aromatic rings. The lowest BCUT2D eigenvalue weighted by molar-refractivity contribution is -0.122. The summed E-state index contributed by atoms with van der Waals surface area (Å²) < 4.78 is 28.5. The Morgan fingerprint density at radius 2 is 1.93 bits per heavy atom. The Labute approximate surface area is 165 Å². The molecule has 148 valence electrons. The van der Waals surface area contributed by atoms with E-state index in [1.807, 2.05) is 12.1 Å². The third kappa shape index (κ3) is 4.88. The van der Waals surface area contributed by atoms with Crippen LogP contribution in [0.1, 0.15) is 30.8 Å². The molecule has 1 heterocycles. The Kier molecular flexibility index (Phi) is 7.02. The topological polar surface area (TPSA) is 84.3 Å². The lowest BCUT2D eigenvalue weighted by Gasteiger charge is -2.18. The number of rotatable bonds is 8. The number of halogens is 1. The van der Waals surface area contributed by atoms with Gasteiger partial charge in [-0.1, -0.05) is 37.6 Å². The maximum Gasteiger partial charge on any atom is 0.246 e. The number of carbonyl (C=O) groups excluding carboxylic acids is 1. The van der Waals surface area contributed by atoms with Gasteiger partial charge >= 0.3 is 0 Å². The lowest BCUT2D eigenvalue weighted by Crippen LogP contribution is -2.31. The molecule has 1 aromatic carbocycles. The van der Waals surface area contributed by atoms with Gasteiger partial charge in [-0.05, 0) is 31.5 Å². The number of nitrogens with zero attached hydrogens (tertiary/aromatic N) is 3. The number of nitrogens with one attached hydrogen (secondary N) is 1. The van der Waals surface area contributed by atoms with Crippen molar-refractivity contribution in [3.8, 4) is 0 Å². The minimum atomic E-state index is -3.63. The van der Waals surface area contributed by atoms with Gasteiger partial charge in [-0.3, -0.25) is 9.48 Å². The largest absolute Gasteiger partial charge is 0.350 e. The van der Waals surface area contributed by atoms with Crippen molar-refractivity contribution in [3.05, 3.63) is 46.2 Å². The standard InChI is InChI=1S/C18H25ClN4O3S/c1-5-22(6-2)27(25,26)18-13(3)21-23(14(18)4)12-17(24)20-11-15-8-7-9-16(19)10-15/h7-10H,5-6,11-12H2,1-4H3,(H,20,24). The Morgan fingerprint density at radius 3 is 2.52 bits per heavy atom. The average molecular weight is 413 g/mol. The molecule has 0 spiro atoms. The van der Waals surface area contributed by atoms with Crippen LogP contribution >= 0.6 is 11.6 Å². The van der Waals surface area contributed by atoms with Crippen LogP contribution in [0, 0.1) is 13.8 Å².